The van der Waals surface area contributed by atoms with Gasteiger partial charge in [0.15, 0.2) is 5.69 Å². The molecule has 2 N–H and O–H groups in total. The zero-order valence-electron chi connectivity index (χ0n) is 14.7. The van der Waals surface area contributed by atoms with E-state index in [4.69, 9.17) is 6.42 Å². The number of carbonyl (C=O) groups excluding carboxylic acids is 1. The molecule has 0 aliphatic rings. The Kier molecular flexibility index (Phi) is 8.33. The van der Waals surface area contributed by atoms with Crippen molar-refractivity contribution < 1.29 is 4.79 Å². The molecule has 25 heavy (non-hydrogen) atoms. The van der Waals surface area contributed by atoms with Gasteiger partial charge in [0.05, 0.1) is 6.20 Å². The molecule has 0 spiro atoms. The lowest BCUT2D eigenvalue weighted by Crippen LogP contribution is -2.13. The van der Waals surface area contributed by atoms with E-state index in [9.17, 15) is 4.79 Å². The van der Waals surface area contributed by atoms with Gasteiger partial charge in [-0.15, -0.1) is 12.3 Å². The third-order valence-electron chi connectivity index (χ3n) is 4.08. The van der Waals surface area contributed by atoms with Gasteiger partial charge in [0, 0.05) is 25.2 Å². The Bertz CT molecular complexity index is 654. The summed E-state index contributed by atoms with van der Waals surface area (Å²) in [5.41, 5.74) is 0.418. The lowest BCUT2D eigenvalue weighted by molar-refractivity contribution is 0.102. The molecule has 2 aromatic rings. The molecule has 0 bridgehead atoms. The fraction of sp³-hybridized carbons (Fsp3) is 0.526. The summed E-state index contributed by atoms with van der Waals surface area (Å²) in [5.74, 6) is 3.02. The highest BCUT2D eigenvalue weighted by Crippen LogP contribution is 2.10. The van der Waals surface area contributed by atoms with Gasteiger partial charge in [-0.05, 0) is 18.9 Å². The second-order valence-electron chi connectivity index (χ2n) is 6.17. The second kappa shape index (κ2) is 11.1. The van der Waals surface area contributed by atoms with E-state index in [0.29, 0.717) is 11.5 Å². The number of carbonyl (C=O) groups is 1. The van der Waals surface area contributed by atoms with Crippen LogP contribution in [0.25, 0.3) is 0 Å². The first kappa shape index (κ1) is 18.8. The molecule has 0 atom stereocenters. The number of aromatic amines is 1. The number of aryl methyl sites for hydroxylation is 1. The smallest absolute Gasteiger partial charge is 0.277 e. The molecule has 2 aromatic heterocycles. The number of rotatable bonds is 12. The maximum Gasteiger partial charge on any atom is 0.277 e. The van der Waals surface area contributed by atoms with E-state index >= 15 is 0 Å². The maximum atomic E-state index is 12.0. The van der Waals surface area contributed by atoms with Gasteiger partial charge in [-0.25, -0.2) is 0 Å². The summed E-state index contributed by atoms with van der Waals surface area (Å²) in [6.07, 6.45) is 19.4. The quantitative estimate of drug-likeness (QED) is 0.452. The van der Waals surface area contributed by atoms with Crippen LogP contribution in [-0.4, -0.2) is 25.9 Å². The van der Waals surface area contributed by atoms with Crippen molar-refractivity contribution in [2.24, 2.45) is 0 Å². The fourth-order valence-corrected chi connectivity index (χ4v) is 2.68. The molecule has 0 unspecified atom stereocenters. The number of aromatic nitrogens is 4. The summed E-state index contributed by atoms with van der Waals surface area (Å²) in [6, 6.07) is 3.44. The van der Waals surface area contributed by atoms with E-state index in [-0.39, 0.29) is 5.91 Å². The van der Waals surface area contributed by atoms with Crippen molar-refractivity contribution in [1.29, 1.82) is 0 Å². The van der Waals surface area contributed by atoms with E-state index in [1.54, 1.807) is 18.3 Å². The van der Waals surface area contributed by atoms with E-state index < -0.39 is 0 Å². The van der Waals surface area contributed by atoms with E-state index in [0.717, 1.165) is 25.8 Å². The predicted octanol–water partition coefficient (Wildman–Crippen LogP) is 4.00. The maximum absolute atomic E-state index is 12.0. The van der Waals surface area contributed by atoms with Crippen molar-refractivity contribution in [3.8, 4) is 12.3 Å². The first-order valence-corrected chi connectivity index (χ1v) is 9.07. The molecule has 2 rings (SSSR count). The Balaban J connectivity index is 1.54. The normalized spacial score (nSPS) is 10.5. The first-order chi connectivity index (χ1) is 12.3. The zero-order valence-corrected chi connectivity index (χ0v) is 14.7. The minimum absolute atomic E-state index is 0.229. The number of anilines is 1. The van der Waals surface area contributed by atoms with Gasteiger partial charge in [0.1, 0.15) is 5.82 Å². The Hall–Kier alpha value is -2.55. The number of unbranched alkanes of at least 4 members (excludes halogenated alkanes) is 8. The summed E-state index contributed by atoms with van der Waals surface area (Å²) in [7, 11) is 0. The van der Waals surface area contributed by atoms with Gasteiger partial charge in [0.2, 0.25) is 0 Å². The van der Waals surface area contributed by atoms with Crippen LogP contribution in [-0.2, 0) is 6.54 Å². The van der Waals surface area contributed by atoms with Gasteiger partial charge in [0.25, 0.3) is 5.91 Å². The SMILES string of the molecule is C#CCCCCCCCCCCn1ccc(C(=O)Nc2ccn[nH]2)n1. The molecule has 0 saturated heterocycles. The number of H-pyrrole nitrogens is 1. The van der Waals surface area contributed by atoms with Crippen LogP contribution in [0.5, 0.6) is 0 Å². The lowest BCUT2D eigenvalue weighted by atomic mass is 10.1. The molecule has 0 saturated carbocycles. The van der Waals surface area contributed by atoms with Gasteiger partial charge < -0.3 is 5.32 Å². The van der Waals surface area contributed by atoms with E-state index in [2.05, 4.69) is 26.5 Å². The van der Waals surface area contributed by atoms with Crippen molar-refractivity contribution >= 4 is 11.7 Å². The highest BCUT2D eigenvalue weighted by atomic mass is 16.2. The number of terminal acetylenes is 1. The molecule has 1 amide bonds. The van der Waals surface area contributed by atoms with Crippen molar-refractivity contribution in [3.63, 3.8) is 0 Å². The van der Waals surface area contributed by atoms with Crippen LogP contribution in [0.1, 0.15) is 68.3 Å². The molecule has 6 nitrogen and oxygen atoms in total. The third-order valence-corrected chi connectivity index (χ3v) is 4.08. The summed E-state index contributed by atoms with van der Waals surface area (Å²) in [6.45, 7) is 0.847. The molecule has 2 heterocycles. The Morgan fingerprint density at radius 1 is 1.12 bits per heavy atom. The molecular formula is C19H27N5O. The van der Waals surface area contributed by atoms with Crippen LogP contribution in [0.4, 0.5) is 5.82 Å². The van der Waals surface area contributed by atoms with Crippen molar-refractivity contribution in [2.75, 3.05) is 5.32 Å². The average Bonchev–Trinajstić information content (AvgIpc) is 3.28. The Labute approximate surface area is 149 Å². The fourth-order valence-electron chi connectivity index (χ4n) is 2.68. The molecular weight excluding hydrogens is 314 g/mol. The zero-order chi connectivity index (χ0) is 17.7. The summed E-state index contributed by atoms with van der Waals surface area (Å²) < 4.78 is 1.84. The summed E-state index contributed by atoms with van der Waals surface area (Å²) >= 11 is 0. The van der Waals surface area contributed by atoms with Gasteiger partial charge in [-0.1, -0.05) is 38.5 Å². The van der Waals surface area contributed by atoms with Crippen molar-refractivity contribution in [2.45, 2.75) is 64.3 Å². The largest absolute Gasteiger partial charge is 0.306 e. The van der Waals surface area contributed by atoms with Crippen molar-refractivity contribution in [1.82, 2.24) is 20.0 Å². The van der Waals surface area contributed by atoms with Crippen LogP contribution < -0.4 is 5.32 Å². The number of nitrogens with one attached hydrogen (secondary N) is 2. The summed E-state index contributed by atoms with van der Waals surface area (Å²) in [4.78, 5) is 12.0. The van der Waals surface area contributed by atoms with E-state index in [1.165, 1.54) is 38.5 Å². The van der Waals surface area contributed by atoms with Gasteiger partial charge in [-0.2, -0.15) is 10.2 Å². The minimum atomic E-state index is -0.229. The highest BCUT2D eigenvalue weighted by molar-refractivity contribution is 6.02. The summed E-state index contributed by atoms with van der Waals surface area (Å²) in [5, 5.41) is 13.5. The van der Waals surface area contributed by atoms with Gasteiger partial charge in [-0.3, -0.25) is 14.6 Å². The Morgan fingerprint density at radius 3 is 2.52 bits per heavy atom. The molecule has 0 aliphatic heterocycles. The number of hydrogen-bond acceptors (Lipinski definition) is 3. The predicted molar refractivity (Wildman–Crippen MR) is 99.2 cm³/mol. The number of amides is 1. The second-order valence-corrected chi connectivity index (χ2v) is 6.17. The highest BCUT2D eigenvalue weighted by Gasteiger charge is 2.10. The molecule has 6 heteroatoms. The molecule has 134 valence electrons. The van der Waals surface area contributed by atoms with Crippen LogP contribution in [0.3, 0.4) is 0 Å². The monoisotopic (exact) mass is 341 g/mol. The van der Waals surface area contributed by atoms with Crippen molar-refractivity contribution in [3.05, 3.63) is 30.2 Å². The molecule has 0 aromatic carbocycles. The Morgan fingerprint density at radius 2 is 1.84 bits per heavy atom. The minimum Gasteiger partial charge on any atom is -0.306 e. The lowest BCUT2D eigenvalue weighted by Gasteiger charge is -2.03. The van der Waals surface area contributed by atoms with Crippen LogP contribution in [0.2, 0.25) is 0 Å². The third kappa shape index (κ3) is 7.25. The molecule has 0 aliphatic carbocycles. The standard InChI is InChI=1S/C19H27N5O/c1-2-3-4-5-6-7-8-9-10-11-15-24-16-13-17(23-24)19(25)21-18-12-14-20-22-18/h1,12-14,16H,3-11,15H2,(H2,20,21,22,25). The topological polar surface area (TPSA) is 75.6 Å². The molecule has 0 fully saturated rings. The number of nitrogens with zero attached hydrogens (tertiary/aromatic N) is 3. The first-order valence-electron chi connectivity index (χ1n) is 9.07. The molecule has 0 radical (unpaired) electrons. The van der Waals surface area contributed by atoms with Crippen LogP contribution >= 0.6 is 0 Å². The van der Waals surface area contributed by atoms with Crippen LogP contribution in [0.15, 0.2) is 24.5 Å². The van der Waals surface area contributed by atoms with Crippen LogP contribution in [0, 0.1) is 12.3 Å². The average molecular weight is 341 g/mol. The van der Waals surface area contributed by atoms with Gasteiger partial charge >= 0.3 is 0 Å². The number of hydrogen-bond donors (Lipinski definition) is 2. The van der Waals surface area contributed by atoms with E-state index in [1.807, 2.05) is 10.9 Å².